The molecule has 0 fully saturated rings. The van der Waals surface area contributed by atoms with E-state index in [-0.39, 0.29) is 11.7 Å². The number of rotatable bonds is 3. The van der Waals surface area contributed by atoms with Crippen molar-refractivity contribution in [3.63, 3.8) is 0 Å². The Bertz CT molecular complexity index is 615. The van der Waals surface area contributed by atoms with E-state index in [0.717, 1.165) is 0 Å². The first-order chi connectivity index (χ1) is 9.13. The van der Waals surface area contributed by atoms with Crippen molar-refractivity contribution in [3.8, 4) is 0 Å². The van der Waals surface area contributed by atoms with Crippen molar-refractivity contribution in [3.05, 3.63) is 54.0 Å². The topological polar surface area (TPSA) is 74.7 Å². The van der Waals surface area contributed by atoms with Gasteiger partial charge in [-0.05, 0) is 24.3 Å². The molecule has 0 bridgehead atoms. The largest absolute Gasteiger partial charge is 0.409 e. The number of benzene rings is 1. The van der Waals surface area contributed by atoms with Crippen molar-refractivity contribution in [2.75, 3.05) is 11.9 Å². The molecule has 0 saturated carbocycles. The lowest BCUT2D eigenvalue weighted by atomic mass is 10.2. The number of halogens is 1. The normalized spacial score (nSPS) is 11.4. The van der Waals surface area contributed by atoms with Gasteiger partial charge in [0.1, 0.15) is 11.6 Å². The molecule has 19 heavy (non-hydrogen) atoms. The summed E-state index contributed by atoms with van der Waals surface area (Å²) in [5, 5.41) is 11.6. The summed E-state index contributed by atoms with van der Waals surface area (Å²) in [6.45, 7) is 0. The van der Waals surface area contributed by atoms with Crippen LogP contribution in [0, 0.1) is 5.82 Å². The number of hydrogen-bond acceptors (Lipinski definition) is 4. The molecule has 0 aliphatic rings. The Hall–Kier alpha value is -2.63. The van der Waals surface area contributed by atoms with Crippen LogP contribution in [0.4, 0.5) is 15.9 Å². The Kier molecular flexibility index (Phi) is 3.61. The fourth-order valence-corrected chi connectivity index (χ4v) is 1.67. The Morgan fingerprint density at radius 2 is 2.11 bits per heavy atom. The number of oxime groups is 1. The molecule has 5 nitrogen and oxygen atoms in total. The monoisotopic (exact) mass is 260 g/mol. The summed E-state index contributed by atoms with van der Waals surface area (Å²) in [7, 11) is 1.69. The highest BCUT2D eigenvalue weighted by Gasteiger charge is 2.11. The maximum Gasteiger partial charge on any atom is 0.170 e. The van der Waals surface area contributed by atoms with Gasteiger partial charge in [0.25, 0.3) is 0 Å². The van der Waals surface area contributed by atoms with Crippen LogP contribution in [0.3, 0.4) is 0 Å². The summed E-state index contributed by atoms with van der Waals surface area (Å²) in [6, 6.07) is 9.59. The van der Waals surface area contributed by atoms with E-state index in [9.17, 15) is 4.39 Å². The minimum absolute atomic E-state index is 0.0226. The van der Waals surface area contributed by atoms with Crippen molar-refractivity contribution in [2.45, 2.75) is 0 Å². The molecule has 0 saturated heterocycles. The van der Waals surface area contributed by atoms with Crippen LogP contribution >= 0.6 is 0 Å². The Morgan fingerprint density at radius 1 is 1.37 bits per heavy atom. The third-order valence-electron chi connectivity index (χ3n) is 2.71. The van der Waals surface area contributed by atoms with E-state index in [1.165, 1.54) is 12.3 Å². The second-order valence-corrected chi connectivity index (χ2v) is 3.90. The smallest absolute Gasteiger partial charge is 0.170 e. The molecule has 2 rings (SSSR count). The number of amidine groups is 1. The fraction of sp³-hybridized carbons (Fsp3) is 0.0769. The number of aromatic nitrogens is 1. The molecule has 0 spiro atoms. The van der Waals surface area contributed by atoms with Gasteiger partial charge in [-0.25, -0.2) is 9.37 Å². The molecule has 6 heteroatoms. The number of hydrogen-bond donors (Lipinski definition) is 2. The van der Waals surface area contributed by atoms with Gasteiger partial charge >= 0.3 is 0 Å². The van der Waals surface area contributed by atoms with E-state index in [4.69, 9.17) is 10.9 Å². The quantitative estimate of drug-likeness (QED) is 0.383. The number of anilines is 2. The summed E-state index contributed by atoms with van der Waals surface area (Å²) in [5.74, 6) is 0.126. The van der Waals surface area contributed by atoms with Gasteiger partial charge in [-0.3, -0.25) is 0 Å². The number of para-hydroxylation sites is 1. The molecule has 0 aliphatic carbocycles. The lowest BCUT2D eigenvalue weighted by Gasteiger charge is -2.19. The van der Waals surface area contributed by atoms with Crippen LogP contribution < -0.4 is 10.6 Å². The number of pyridine rings is 1. The average Bonchev–Trinajstić information content (AvgIpc) is 2.46. The SMILES string of the molecule is CN(c1cc(C(N)=NO)ccn1)c1ccccc1F. The van der Waals surface area contributed by atoms with E-state index in [2.05, 4.69) is 10.1 Å². The van der Waals surface area contributed by atoms with Crippen molar-refractivity contribution in [1.82, 2.24) is 4.98 Å². The van der Waals surface area contributed by atoms with Crippen molar-refractivity contribution < 1.29 is 9.60 Å². The van der Waals surface area contributed by atoms with Crippen LogP contribution in [0.5, 0.6) is 0 Å². The van der Waals surface area contributed by atoms with Crippen molar-refractivity contribution in [1.29, 1.82) is 0 Å². The first-order valence-corrected chi connectivity index (χ1v) is 5.55. The predicted molar refractivity (Wildman–Crippen MR) is 71.2 cm³/mol. The molecule has 2 aromatic rings. The first kappa shape index (κ1) is 12.8. The van der Waals surface area contributed by atoms with E-state index in [1.54, 1.807) is 42.3 Å². The van der Waals surface area contributed by atoms with Crippen LogP contribution in [0.1, 0.15) is 5.56 Å². The zero-order valence-electron chi connectivity index (χ0n) is 10.3. The predicted octanol–water partition coefficient (Wildman–Crippen LogP) is 2.08. The van der Waals surface area contributed by atoms with Gasteiger partial charge < -0.3 is 15.8 Å². The summed E-state index contributed by atoms with van der Waals surface area (Å²) >= 11 is 0. The van der Waals surface area contributed by atoms with Gasteiger partial charge in [0.2, 0.25) is 0 Å². The summed E-state index contributed by atoms with van der Waals surface area (Å²) < 4.78 is 13.7. The van der Waals surface area contributed by atoms with Gasteiger partial charge in [-0.15, -0.1) is 0 Å². The molecule has 98 valence electrons. The van der Waals surface area contributed by atoms with Gasteiger partial charge in [0.05, 0.1) is 5.69 Å². The van der Waals surface area contributed by atoms with Crippen LogP contribution in [-0.2, 0) is 0 Å². The molecule has 1 aromatic carbocycles. The maximum absolute atomic E-state index is 13.7. The molecule has 1 aromatic heterocycles. The molecular formula is C13H13FN4O. The molecule has 0 unspecified atom stereocenters. The van der Waals surface area contributed by atoms with Crippen molar-refractivity contribution in [2.24, 2.45) is 10.9 Å². The summed E-state index contributed by atoms with van der Waals surface area (Å²) in [5.41, 5.74) is 6.42. The highest BCUT2D eigenvalue weighted by Crippen LogP contribution is 2.24. The zero-order chi connectivity index (χ0) is 13.8. The highest BCUT2D eigenvalue weighted by molar-refractivity contribution is 5.97. The number of nitrogens with zero attached hydrogens (tertiary/aromatic N) is 3. The lowest BCUT2D eigenvalue weighted by Crippen LogP contribution is -2.16. The van der Waals surface area contributed by atoms with Gasteiger partial charge in [-0.2, -0.15) is 0 Å². The minimum atomic E-state index is -0.346. The van der Waals surface area contributed by atoms with Crippen LogP contribution in [0.2, 0.25) is 0 Å². The lowest BCUT2D eigenvalue weighted by molar-refractivity contribution is 0.318. The number of nitrogens with two attached hydrogens (primary N) is 1. The highest BCUT2D eigenvalue weighted by atomic mass is 19.1. The summed E-state index contributed by atoms with van der Waals surface area (Å²) in [4.78, 5) is 5.73. The van der Waals surface area contributed by atoms with Gasteiger partial charge in [0, 0.05) is 18.8 Å². The van der Waals surface area contributed by atoms with Gasteiger partial charge in [-0.1, -0.05) is 17.3 Å². The van der Waals surface area contributed by atoms with E-state index >= 15 is 0 Å². The third kappa shape index (κ3) is 2.62. The minimum Gasteiger partial charge on any atom is -0.409 e. The third-order valence-corrected chi connectivity index (χ3v) is 2.71. The Labute approximate surface area is 109 Å². The Morgan fingerprint density at radius 3 is 2.79 bits per heavy atom. The molecule has 3 N–H and O–H groups in total. The molecule has 1 heterocycles. The van der Waals surface area contributed by atoms with Crippen molar-refractivity contribution >= 4 is 17.3 Å². The molecule has 0 amide bonds. The zero-order valence-corrected chi connectivity index (χ0v) is 10.3. The fourth-order valence-electron chi connectivity index (χ4n) is 1.67. The van der Waals surface area contributed by atoms with E-state index in [1.807, 2.05) is 0 Å². The molecule has 0 atom stereocenters. The van der Waals surface area contributed by atoms with Crippen LogP contribution in [0.25, 0.3) is 0 Å². The van der Waals surface area contributed by atoms with E-state index < -0.39 is 0 Å². The second-order valence-electron chi connectivity index (χ2n) is 3.90. The Balaban J connectivity index is 2.40. The first-order valence-electron chi connectivity index (χ1n) is 5.55. The maximum atomic E-state index is 13.7. The average molecular weight is 260 g/mol. The van der Waals surface area contributed by atoms with Gasteiger partial charge in [0.15, 0.2) is 5.84 Å². The molecular weight excluding hydrogens is 247 g/mol. The van der Waals surface area contributed by atoms with Crippen LogP contribution in [-0.4, -0.2) is 23.1 Å². The second kappa shape index (κ2) is 5.34. The van der Waals surface area contributed by atoms with E-state index in [0.29, 0.717) is 17.1 Å². The molecule has 0 aliphatic heterocycles. The standard InChI is InChI=1S/C13H13FN4O/c1-18(11-5-3-2-4-10(11)14)12-8-9(6-7-16-12)13(15)17-19/h2-8,19H,1H3,(H2,15,17). The summed E-state index contributed by atoms with van der Waals surface area (Å²) in [6.07, 6.45) is 1.51. The molecule has 0 radical (unpaired) electrons. The van der Waals surface area contributed by atoms with Crippen LogP contribution in [0.15, 0.2) is 47.8 Å².